The van der Waals surface area contributed by atoms with Crippen LogP contribution in [0, 0.1) is 0 Å². The number of nitrogens with one attached hydrogen (secondary N) is 1. The second-order valence-corrected chi connectivity index (χ2v) is 20.2. The molecule has 0 aliphatic heterocycles. The van der Waals surface area contributed by atoms with Crippen molar-refractivity contribution in [3.63, 3.8) is 0 Å². The number of amides is 1. The molecule has 0 aromatic heterocycles. The predicted octanol–water partition coefficient (Wildman–Crippen LogP) is 15.7. The van der Waals surface area contributed by atoms with Crippen molar-refractivity contribution >= 4 is 19.7 Å². The molecule has 0 fully saturated rings. The maximum absolute atomic E-state index is 13.4. The number of carbonyl (C=O) groups excluding carboxylic acids is 2. The van der Waals surface area contributed by atoms with Gasteiger partial charge < -0.3 is 19.4 Å². The van der Waals surface area contributed by atoms with Gasteiger partial charge in [0.15, 0.2) is 0 Å². The summed E-state index contributed by atoms with van der Waals surface area (Å²) in [6.07, 6.45) is 61.3. The Morgan fingerprint density at radius 1 is 0.552 bits per heavy atom. The predicted molar refractivity (Wildman–Crippen MR) is 286 cm³/mol. The van der Waals surface area contributed by atoms with Crippen LogP contribution in [-0.2, 0) is 27.9 Å². The molecule has 2 N–H and O–H groups in total. The van der Waals surface area contributed by atoms with E-state index in [1.54, 1.807) is 0 Å². The van der Waals surface area contributed by atoms with Crippen LogP contribution in [0.25, 0.3) is 0 Å². The summed E-state index contributed by atoms with van der Waals surface area (Å²) in [7, 11) is 1.44. The average Bonchev–Trinajstić information content (AvgIpc) is 3.28. The molecule has 0 bridgehead atoms. The lowest BCUT2D eigenvalue weighted by molar-refractivity contribution is -0.870. The number of quaternary nitrogens is 1. The van der Waals surface area contributed by atoms with E-state index < -0.39 is 25.9 Å². The molecule has 1 amide bonds. The van der Waals surface area contributed by atoms with Crippen LogP contribution >= 0.6 is 7.82 Å². The summed E-state index contributed by atoms with van der Waals surface area (Å²) < 4.78 is 30.4. The van der Waals surface area contributed by atoms with Crippen molar-refractivity contribution in [1.82, 2.24) is 5.32 Å². The monoisotopic (exact) mass is 956 g/mol. The number of unbranched alkanes of at least 4 members (excludes halogenated alkanes) is 18. The summed E-state index contributed by atoms with van der Waals surface area (Å²) in [6.45, 7) is 6.76. The maximum Gasteiger partial charge on any atom is 0.472 e. The van der Waals surface area contributed by atoms with Gasteiger partial charge in [0.2, 0.25) is 5.91 Å². The number of allylic oxidation sites excluding steroid dienone is 15. The Hall–Kier alpha value is -3.07. The van der Waals surface area contributed by atoms with Crippen LogP contribution in [0.3, 0.4) is 0 Å². The normalized spacial score (nSPS) is 14.7. The third kappa shape index (κ3) is 47.8. The van der Waals surface area contributed by atoms with Gasteiger partial charge in [-0.3, -0.25) is 18.6 Å². The number of hydrogen-bond acceptors (Lipinski definition) is 6. The van der Waals surface area contributed by atoms with E-state index in [2.05, 4.69) is 105 Å². The highest BCUT2D eigenvalue weighted by molar-refractivity contribution is 7.47. The minimum atomic E-state index is -4.46. The minimum absolute atomic E-state index is 0.0226. The quantitative estimate of drug-likeness (QED) is 0.0156. The molecule has 0 aliphatic rings. The molecule has 67 heavy (non-hydrogen) atoms. The van der Waals surface area contributed by atoms with E-state index in [1.165, 1.54) is 70.6 Å². The summed E-state index contributed by atoms with van der Waals surface area (Å²) in [5.41, 5.74) is 0. The molecular weight excluding hydrogens is 856 g/mol. The van der Waals surface area contributed by atoms with Gasteiger partial charge >= 0.3 is 13.8 Å². The summed E-state index contributed by atoms with van der Waals surface area (Å²) in [5, 5.41) is 3.01. The van der Waals surface area contributed by atoms with Gasteiger partial charge in [-0.15, -0.1) is 0 Å². The Balaban J connectivity index is 5.52. The zero-order valence-electron chi connectivity index (χ0n) is 43.6. The molecule has 0 aliphatic carbocycles. The van der Waals surface area contributed by atoms with Gasteiger partial charge in [0.05, 0.1) is 33.8 Å². The van der Waals surface area contributed by atoms with Gasteiger partial charge in [-0.2, -0.15) is 0 Å². The van der Waals surface area contributed by atoms with Gasteiger partial charge in [-0.1, -0.05) is 195 Å². The van der Waals surface area contributed by atoms with Crippen LogP contribution in [0.15, 0.2) is 97.2 Å². The van der Waals surface area contributed by atoms with Crippen molar-refractivity contribution in [1.29, 1.82) is 0 Å². The van der Waals surface area contributed by atoms with Crippen LogP contribution in [0.4, 0.5) is 0 Å². The van der Waals surface area contributed by atoms with Crippen molar-refractivity contribution in [3.05, 3.63) is 97.2 Å². The van der Waals surface area contributed by atoms with E-state index >= 15 is 0 Å². The van der Waals surface area contributed by atoms with E-state index in [0.717, 1.165) is 83.5 Å². The smallest absolute Gasteiger partial charge is 0.456 e. The van der Waals surface area contributed by atoms with Gasteiger partial charge in [-0.05, 0) is 89.5 Å². The standard InChI is InChI=1S/C57H99N2O7P/c1-7-10-13-16-19-22-25-27-28-29-30-32-35-38-41-44-47-50-57(61)66-55(48-45-42-39-36-33-24-21-18-15-12-9-3)54(53-65-67(62,63)64-52-51-59(4,5)6)58-56(60)49-46-43-40-37-34-31-26-23-20-17-14-11-8-2/h11,14,17,19-20,22-23,26-28,30,32,38,41,45,48,54-55H,7-10,12-13,15-16,18,21,24-25,29,31,33-37,39-40,42-44,46-47,49-53H2,1-6H3,(H-,58,60,62,63)/p+1/b14-11+,20-17+,22-19-,26-23-,28-27-,32-30-,41-38-,48-45+. The van der Waals surface area contributed by atoms with Gasteiger partial charge in [-0.25, -0.2) is 4.57 Å². The molecule has 3 unspecified atom stereocenters. The average molecular weight is 956 g/mol. The van der Waals surface area contributed by atoms with Crippen molar-refractivity contribution in [3.8, 4) is 0 Å². The van der Waals surface area contributed by atoms with E-state index in [4.69, 9.17) is 13.8 Å². The second-order valence-electron chi connectivity index (χ2n) is 18.7. The number of carbonyl (C=O) groups is 2. The van der Waals surface area contributed by atoms with Gasteiger partial charge in [0, 0.05) is 12.8 Å². The van der Waals surface area contributed by atoms with E-state index in [-0.39, 0.29) is 25.5 Å². The number of rotatable bonds is 46. The summed E-state index contributed by atoms with van der Waals surface area (Å²) in [5.74, 6) is -0.605. The number of hydrogen-bond donors (Lipinski definition) is 2. The Labute approximate surface area is 411 Å². The first kappa shape index (κ1) is 63.9. The molecule has 9 nitrogen and oxygen atoms in total. The lowest BCUT2D eigenvalue weighted by atomic mass is 10.1. The van der Waals surface area contributed by atoms with E-state index in [9.17, 15) is 19.0 Å². The number of nitrogens with zero attached hydrogens (tertiary/aromatic N) is 1. The third-order valence-electron chi connectivity index (χ3n) is 11.1. The van der Waals surface area contributed by atoms with Gasteiger partial charge in [0.1, 0.15) is 19.3 Å². The highest BCUT2D eigenvalue weighted by Gasteiger charge is 2.30. The Morgan fingerprint density at radius 3 is 1.61 bits per heavy atom. The van der Waals surface area contributed by atoms with Crippen molar-refractivity contribution in [2.75, 3.05) is 40.9 Å². The summed E-state index contributed by atoms with van der Waals surface area (Å²) >= 11 is 0. The van der Waals surface area contributed by atoms with Crippen LogP contribution in [0.2, 0.25) is 0 Å². The molecule has 10 heteroatoms. The molecule has 0 rings (SSSR count). The lowest BCUT2D eigenvalue weighted by Crippen LogP contribution is -2.47. The maximum atomic E-state index is 13.4. The SMILES string of the molecule is CC/C=C/C=C/C=C\CCCCCCCC(=O)NC(COP(=O)(O)OCC[N+](C)(C)C)C(/C=C/CCCCCCCCCCC)OC(=O)CCC/C=C\C/C=C\C/C=C\C/C=C\CCCCC. The Bertz CT molecular complexity index is 1470. The topological polar surface area (TPSA) is 111 Å². The minimum Gasteiger partial charge on any atom is -0.456 e. The first-order chi connectivity index (χ1) is 32.4. The van der Waals surface area contributed by atoms with Crippen LogP contribution in [0.1, 0.15) is 201 Å². The fraction of sp³-hybridized carbons (Fsp3) is 0.684. The molecule has 0 saturated carbocycles. The third-order valence-corrected chi connectivity index (χ3v) is 12.1. The molecule has 0 saturated heterocycles. The molecule has 0 aromatic rings. The number of ether oxygens (including phenoxy) is 1. The highest BCUT2D eigenvalue weighted by atomic mass is 31.2. The zero-order chi connectivity index (χ0) is 49.4. The van der Waals surface area contributed by atoms with Crippen LogP contribution in [0.5, 0.6) is 0 Å². The van der Waals surface area contributed by atoms with Crippen molar-refractivity contribution < 1.29 is 37.3 Å². The zero-order valence-corrected chi connectivity index (χ0v) is 44.5. The molecular formula is C57H100N2O7P+. The van der Waals surface area contributed by atoms with Crippen molar-refractivity contribution in [2.45, 2.75) is 213 Å². The number of likely N-dealkylation sites (N-methyl/N-ethyl adjacent to an activating group) is 1. The fourth-order valence-electron chi connectivity index (χ4n) is 6.93. The first-order valence-electron chi connectivity index (χ1n) is 26.6. The lowest BCUT2D eigenvalue weighted by Gasteiger charge is -2.27. The van der Waals surface area contributed by atoms with Crippen LogP contribution in [-0.4, -0.2) is 74.3 Å². The van der Waals surface area contributed by atoms with Gasteiger partial charge in [0.25, 0.3) is 0 Å². The van der Waals surface area contributed by atoms with Crippen molar-refractivity contribution in [2.24, 2.45) is 0 Å². The molecule has 0 spiro atoms. The second kappa shape index (κ2) is 46.6. The number of phosphoric acid groups is 1. The summed E-state index contributed by atoms with van der Waals surface area (Å²) in [4.78, 5) is 37.4. The Kier molecular flexibility index (Phi) is 44.5. The van der Waals surface area contributed by atoms with Crippen LogP contribution < -0.4 is 5.32 Å². The number of phosphoric ester groups is 1. The largest absolute Gasteiger partial charge is 0.472 e. The Morgan fingerprint density at radius 2 is 1.03 bits per heavy atom. The first-order valence-corrected chi connectivity index (χ1v) is 28.1. The molecule has 3 atom stereocenters. The molecule has 0 heterocycles. The van der Waals surface area contributed by atoms with E-state index in [1.807, 2.05) is 39.4 Å². The molecule has 384 valence electrons. The summed E-state index contributed by atoms with van der Waals surface area (Å²) in [6, 6.07) is -0.884. The fourth-order valence-corrected chi connectivity index (χ4v) is 7.67. The molecule has 0 radical (unpaired) electrons. The molecule has 0 aromatic carbocycles. The number of esters is 1. The van der Waals surface area contributed by atoms with E-state index in [0.29, 0.717) is 30.3 Å². The highest BCUT2D eigenvalue weighted by Crippen LogP contribution is 2.43.